The minimum Gasteiger partial charge on any atom is -0.324 e. The van der Waals surface area contributed by atoms with Gasteiger partial charge in [0, 0.05) is 5.41 Å². The molecule has 12 heteroatoms. The van der Waals surface area contributed by atoms with E-state index in [0.717, 1.165) is 41.3 Å². The molecule has 6 nitrogen and oxygen atoms in total. The molecule has 2 aromatic rings. The van der Waals surface area contributed by atoms with Crippen LogP contribution in [-0.2, 0) is 15.8 Å². The maximum Gasteiger partial charge on any atom is 0.416 e. The summed E-state index contributed by atoms with van der Waals surface area (Å²) in [7, 11) is 0. The fourth-order valence-electron chi connectivity index (χ4n) is 1.71. The Bertz CT molecular complexity index is 882. The van der Waals surface area contributed by atoms with Gasteiger partial charge in [-0.3, -0.25) is 9.59 Å². The van der Waals surface area contributed by atoms with E-state index in [1.165, 1.54) is 0 Å². The molecule has 0 atom stereocenters. The molecule has 0 bridgehead atoms. The molecule has 0 saturated heterocycles. The lowest BCUT2D eigenvalue weighted by Gasteiger charge is -2.15. The number of thioether (sulfide) groups is 1. The lowest BCUT2D eigenvalue weighted by molar-refractivity contribution is -0.137. The first kappa shape index (κ1) is 22.4. The van der Waals surface area contributed by atoms with Crippen molar-refractivity contribution >= 4 is 57.3 Å². The molecule has 1 aromatic heterocycles. The molecule has 1 heterocycles. The van der Waals surface area contributed by atoms with Gasteiger partial charge in [0.2, 0.25) is 16.9 Å². The Balaban J connectivity index is 1.94. The largest absolute Gasteiger partial charge is 0.416 e. The van der Waals surface area contributed by atoms with Crippen molar-refractivity contribution in [3.63, 3.8) is 0 Å². The van der Waals surface area contributed by atoms with Gasteiger partial charge in [0.05, 0.1) is 22.0 Å². The van der Waals surface area contributed by atoms with Crippen LogP contribution in [0.25, 0.3) is 0 Å². The van der Waals surface area contributed by atoms with Crippen molar-refractivity contribution < 1.29 is 22.8 Å². The Morgan fingerprint density at radius 2 is 1.86 bits per heavy atom. The number of nitrogens with zero attached hydrogens (tertiary/aromatic N) is 2. The monoisotopic (exact) mass is 452 g/mol. The molecule has 0 saturated carbocycles. The third-order valence-electron chi connectivity index (χ3n) is 3.20. The second kappa shape index (κ2) is 8.66. The van der Waals surface area contributed by atoms with Crippen LogP contribution in [0.4, 0.5) is 24.0 Å². The zero-order valence-electron chi connectivity index (χ0n) is 15.0. The van der Waals surface area contributed by atoms with Gasteiger partial charge in [0.15, 0.2) is 4.34 Å². The summed E-state index contributed by atoms with van der Waals surface area (Å²) >= 11 is 7.97. The second-order valence-corrected chi connectivity index (χ2v) is 9.21. The lowest BCUT2D eigenvalue weighted by Crippen LogP contribution is -2.27. The number of halogens is 4. The minimum atomic E-state index is -4.54. The Morgan fingerprint density at radius 3 is 2.46 bits per heavy atom. The molecule has 152 valence electrons. The number of carbonyl (C=O) groups excluding carboxylic acids is 2. The van der Waals surface area contributed by atoms with Crippen LogP contribution in [0.15, 0.2) is 22.5 Å². The van der Waals surface area contributed by atoms with Crippen LogP contribution in [0.2, 0.25) is 5.02 Å². The molecule has 2 rings (SSSR count). The molecule has 2 amide bonds. The molecule has 28 heavy (non-hydrogen) atoms. The van der Waals surface area contributed by atoms with Gasteiger partial charge in [-0.2, -0.15) is 13.2 Å². The van der Waals surface area contributed by atoms with E-state index in [1.54, 1.807) is 20.8 Å². The van der Waals surface area contributed by atoms with E-state index >= 15 is 0 Å². The quantitative estimate of drug-likeness (QED) is 0.496. The van der Waals surface area contributed by atoms with Crippen molar-refractivity contribution in [1.29, 1.82) is 0 Å². The van der Waals surface area contributed by atoms with Crippen molar-refractivity contribution in [2.75, 3.05) is 16.4 Å². The third-order valence-corrected chi connectivity index (χ3v) is 5.50. The number of anilines is 2. The SMILES string of the molecule is CC(C)(C)C(=O)Nc1nnc(SCC(=O)Nc2cc(C(F)(F)F)ccc2Cl)s1. The predicted molar refractivity (Wildman–Crippen MR) is 104 cm³/mol. The summed E-state index contributed by atoms with van der Waals surface area (Å²) in [6.07, 6.45) is -4.54. The number of hydrogen-bond donors (Lipinski definition) is 2. The molecule has 0 spiro atoms. The predicted octanol–water partition coefficient (Wildman–Crippen LogP) is 4.93. The van der Waals surface area contributed by atoms with Crippen molar-refractivity contribution in [3.05, 3.63) is 28.8 Å². The summed E-state index contributed by atoms with van der Waals surface area (Å²) in [6.45, 7) is 5.26. The maximum absolute atomic E-state index is 12.8. The molecular formula is C16H16ClF3N4O2S2. The second-order valence-electron chi connectivity index (χ2n) is 6.61. The summed E-state index contributed by atoms with van der Waals surface area (Å²) < 4.78 is 38.7. The molecule has 0 aliphatic heterocycles. The third kappa shape index (κ3) is 6.35. The number of carbonyl (C=O) groups is 2. The average molecular weight is 453 g/mol. The zero-order valence-corrected chi connectivity index (χ0v) is 17.4. The number of nitrogens with one attached hydrogen (secondary N) is 2. The van der Waals surface area contributed by atoms with E-state index in [-0.39, 0.29) is 22.4 Å². The molecule has 0 aliphatic rings. The highest BCUT2D eigenvalue weighted by molar-refractivity contribution is 8.01. The van der Waals surface area contributed by atoms with E-state index < -0.39 is 23.1 Å². The van der Waals surface area contributed by atoms with Gasteiger partial charge in [0.1, 0.15) is 0 Å². The van der Waals surface area contributed by atoms with Crippen molar-refractivity contribution in [3.8, 4) is 0 Å². The lowest BCUT2D eigenvalue weighted by atomic mass is 9.96. The van der Waals surface area contributed by atoms with Gasteiger partial charge in [0.25, 0.3) is 0 Å². The van der Waals surface area contributed by atoms with E-state index in [1.807, 2.05) is 0 Å². The highest BCUT2D eigenvalue weighted by atomic mass is 35.5. The molecule has 0 aliphatic carbocycles. The van der Waals surface area contributed by atoms with Crippen molar-refractivity contribution in [2.45, 2.75) is 31.3 Å². The Hall–Kier alpha value is -1.85. The smallest absolute Gasteiger partial charge is 0.324 e. The van der Waals surface area contributed by atoms with Crippen LogP contribution in [0.3, 0.4) is 0 Å². The summed E-state index contributed by atoms with van der Waals surface area (Å²) in [6, 6.07) is 2.68. The van der Waals surface area contributed by atoms with Crippen LogP contribution >= 0.6 is 34.7 Å². The minimum absolute atomic E-state index is 0.00514. The van der Waals surface area contributed by atoms with Crippen LogP contribution in [0.1, 0.15) is 26.3 Å². The number of benzene rings is 1. The van der Waals surface area contributed by atoms with Crippen LogP contribution in [-0.4, -0.2) is 27.8 Å². The highest BCUT2D eigenvalue weighted by Crippen LogP contribution is 2.34. The Labute approximate surface area is 172 Å². The average Bonchev–Trinajstić information content (AvgIpc) is 3.00. The number of amides is 2. The summed E-state index contributed by atoms with van der Waals surface area (Å²) in [5.74, 6) is -0.896. The van der Waals surface area contributed by atoms with E-state index in [9.17, 15) is 22.8 Å². The van der Waals surface area contributed by atoms with Gasteiger partial charge < -0.3 is 10.6 Å². The fraction of sp³-hybridized carbons (Fsp3) is 0.375. The van der Waals surface area contributed by atoms with Crippen LogP contribution in [0, 0.1) is 5.41 Å². The maximum atomic E-state index is 12.8. The summed E-state index contributed by atoms with van der Waals surface area (Å²) in [5, 5.41) is 12.9. The number of hydrogen-bond acceptors (Lipinski definition) is 6. The van der Waals surface area contributed by atoms with Gasteiger partial charge in [-0.05, 0) is 18.2 Å². The number of alkyl halides is 3. The zero-order chi connectivity index (χ0) is 21.1. The number of aromatic nitrogens is 2. The standard InChI is InChI=1S/C16H16ClF3N4O2S2/c1-15(2,3)12(26)22-13-23-24-14(28-13)27-7-11(25)21-10-6-8(16(18,19)20)4-5-9(10)17/h4-6H,7H2,1-3H3,(H,21,25)(H,22,23,26). The van der Waals surface area contributed by atoms with E-state index in [0.29, 0.717) is 9.47 Å². The first-order valence-electron chi connectivity index (χ1n) is 7.80. The van der Waals surface area contributed by atoms with Crippen molar-refractivity contribution in [2.24, 2.45) is 5.41 Å². The topological polar surface area (TPSA) is 84.0 Å². The number of rotatable bonds is 5. The molecule has 0 radical (unpaired) electrons. The van der Waals surface area contributed by atoms with Gasteiger partial charge in [-0.25, -0.2) is 0 Å². The molecule has 2 N–H and O–H groups in total. The van der Waals surface area contributed by atoms with Gasteiger partial charge in [-0.1, -0.05) is 55.5 Å². The summed E-state index contributed by atoms with van der Waals surface area (Å²) in [4.78, 5) is 23.9. The summed E-state index contributed by atoms with van der Waals surface area (Å²) in [5.41, 5.74) is -1.64. The fourth-order valence-corrected chi connectivity index (χ4v) is 3.43. The van der Waals surface area contributed by atoms with E-state index in [2.05, 4.69) is 20.8 Å². The van der Waals surface area contributed by atoms with Crippen molar-refractivity contribution in [1.82, 2.24) is 10.2 Å². The Kier molecular flexibility index (Phi) is 6.94. The molecule has 0 fully saturated rings. The van der Waals surface area contributed by atoms with Crippen LogP contribution in [0.5, 0.6) is 0 Å². The van der Waals surface area contributed by atoms with Gasteiger partial charge >= 0.3 is 6.18 Å². The molecular weight excluding hydrogens is 437 g/mol. The van der Waals surface area contributed by atoms with Gasteiger partial charge in [-0.15, -0.1) is 10.2 Å². The van der Waals surface area contributed by atoms with Crippen LogP contribution < -0.4 is 10.6 Å². The normalized spacial score (nSPS) is 12.0. The highest BCUT2D eigenvalue weighted by Gasteiger charge is 2.31. The Morgan fingerprint density at radius 1 is 1.18 bits per heavy atom. The molecule has 0 unspecified atom stereocenters. The van der Waals surface area contributed by atoms with E-state index in [4.69, 9.17) is 11.6 Å². The first-order chi connectivity index (χ1) is 12.9. The first-order valence-corrected chi connectivity index (χ1v) is 9.98. The molecule has 1 aromatic carbocycles.